The second-order valence-corrected chi connectivity index (χ2v) is 5.00. The number of esters is 2. The average Bonchev–Trinajstić information content (AvgIpc) is 2.90. The van der Waals surface area contributed by atoms with Crippen LogP contribution in [0.25, 0.3) is 0 Å². The SMILES string of the molecule is CCCCCOC(=O)CSc1ncc(C(=O)OCC)[nH]1. The fourth-order valence-electron chi connectivity index (χ4n) is 1.40. The molecule has 1 aromatic rings. The van der Waals surface area contributed by atoms with E-state index in [1.807, 2.05) is 0 Å². The molecule has 6 nitrogen and oxygen atoms in total. The Labute approximate surface area is 122 Å². The zero-order valence-electron chi connectivity index (χ0n) is 11.8. The van der Waals surface area contributed by atoms with Crippen LogP contribution in [0.1, 0.15) is 43.6 Å². The Morgan fingerprint density at radius 3 is 2.80 bits per heavy atom. The van der Waals surface area contributed by atoms with Crippen molar-refractivity contribution in [2.75, 3.05) is 19.0 Å². The van der Waals surface area contributed by atoms with Crippen LogP contribution < -0.4 is 0 Å². The van der Waals surface area contributed by atoms with Gasteiger partial charge in [-0.05, 0) is 13.3 Å². The van der Waals surface area contributed by atoms with Crippen LogP contribution in [-0.2, 0) is 14.3 Å². The minimum atomic E-state index is -0.450. The maximum absolute atomic E-state index is 11.4. The third-order valence-electron chi connectivity index (χ3n) is 2.39. The molecule has 0 aliphatic heterocycles. The molecule has 0 atom stereocenters. The average molecular weight is 300 g/mol. The van der Waals surface area contributed by atoms with E-state index in [-0.39, 0.29) is 17.4 Å². The summed E-state index contributed by atoms with van der Waals surface area (Å²) in [5.74, 6) is -0.559. The number of thioether (sulfide) groups is 1. The van der Waals surface area contributed by atoms with Crippen LogP contribution in [0, 0.1) is 0 Å². The molecule has 7 heteroatoms. The summed E-state index contributed by atoms with van der Waals surface area (Å²) in [4.78, 5) is 29.7. The molecule has 0 saturated carbocycles. The summed E-state index contributed by atoms with van der Waals surface area (Å²) in [6, 6.07) is 0. The van der Waals surface area contributed by atoms with Crippen molar-refractivity contribution < 1.29 is 19.1 Å². The van der Waals surface area contributed by atoms with Crippen molar-refractivity contribution in [3.8, 4) is 0 Å². The number of nitrogens with zero attached hydrogens (tertiary/aromatic N) is 1. The molecule has 0 aliphatic carbocycles. The third-order valence-corrected chi connectivity index (χ3v) is 3.25. The molecule has 112 valence electrons. The third kappa shape index (κ3) is 6.10. The fraction of sp³-hybridized carbons (Fsp3) is 0.615. The van der Waals surface area contributed by atoms with Gasteiger partial charge < -0.3 is 14.5 Å². The minimum Gasteiger partial charge on any atom is -0.465 e. The van der Waals surface area contributed by atoms with Crippen LogP contribution in [0.15, 0.2) is 11.4 Å². The topological polar surface area (TPSA) is 81.3 Å². The minimum absolute atomic E-state index is 0.169. The van der Waals surface area contributed by atoms with Gasteiger partial charge in [-0.1, -0.05) is 31.5 Å². The summed E-state index contributed by atoms with van der Waals surface area (Å²) < 4.78 is 9.90. The molecular weight excluding hydrogens is 280 g/mol. The number of aromatic nitrogens is 2. The lowest BCUT2D eigenvalue weighted by atomic mass is 10.3. The molecule has 0 unspecified atom stereocenters. The van der Waals surface area contributed by atoms with Gasteiger partial charge in [-0.25, -0.2) is 9.78 Å². The lowest BCUT2D eigenvalue weighted by molar-refractivity contribution is -0.140. The molecule has 0 aromatic carbocycles. The van der Waals surface area contributed by atoms with Gasteiger partial charge in [0.1, 0.15) is 5.69 Å². The first kappa shape index (κ1) is 16.6. The summed E-state index contributed by atoms with van der Waals surface area (Å²) in [6.45, 7) is 4.60. The Hall–Kier alpha value is -1.50. The highest BCUT2D eigenvalue weighted by atomic mass is 32.2. The van der Waals surface area contributed by atoms with Crippen molar-refractivity contribution in [2.24, 2.45) is 0 Å². The van der Waals surface area contributed by atoms with E-state index >= 15 is 0 Å². The number of imidazole rings is 1. The van der Waals surface area contributed by atoms with Crippen molar-refractivity contribution in [1.29, 1.82) is 0 Å². The van der Waals surface area contributed by atoms with Gasteiger partial charge in [0.2, 0.25) is 0 Å². The van der Waals surface area contributed by atoms with Crippen LogP contribution in [0.2, 0.25) is 0 Å². The molecule has 0 aliphatic rings. The number of carbonyl (C=O) groups is 2. The molecule has 0 radical (unpaired) electrons. The zero-order valence-corrected chi connectivity index (χ0v) is 12.6. The van der Waals surface area contributed by atoms with Gasteiger partial charge in [0.15, 0.2) is 5.16 Å². The van der Waals surface area contributed by atoms with Crippen LogP contribution in [-0.4, -0.2) is 40.9 Å². The Balaban J connectivity index is 2.28. The van der Waals surface area contributed by atoms with E-state index in [1.54, 1.807) is 6.92 Å². The van der Waals surface area contributed by atoms with Crippen molar-refractivity contribution in [3.05, 3.63) is 11.9 Å². The van der Waals surface area contributed by atoms with Crippen molar-refractivity contribution >= 4 is 23.7 Å². The van der Waals surface area contributed by atoms with Gasteiger partial charge in [0.25, 0.3) is 0 Å². The van der Waals surface area contributed by atoms with Gasteiger partial charge in [0.05, 0.1) is 25.2 Å². The molecule has 20 heavy (non-hydrogen) atoms. The zero-order chi connectivity index (χ0) is 14.8. The number of rotatable bonds is 9. The highest BCUT2D eigenvalue weighted by Crippen LogP contribution is 2.14. The molecule has 0 bridgehead atoms. The van der Waals surface area contributed by atoms with E-state index < -0.39 is 5.97 Å². The Morgan fingerprint density at radius 2 is 2.10 bits per heavy atom. The molecule has 1 rings (SSSR count). The van der Waals surface area contributed by atoms with E-state index in [4.69, 9.17) is 9.47 Å². The van der Waals surface area contributed by atoms with E-state index in [2.05, 4.69) is 16.9 Å². The first-order chi connectivity index (χ1) is 9.67. The van der Waals surface area contributed by atoms with Crippen LogP contribution in [0.5, 0.6) is 0 Å². The predicted molar refractivity (Wildman–Crippen MR) is 75.8 cm³/mol. The van der Waals surface area contributed by atoms with E-state index in [9.17, 15) is 9.59 Å². The van der Waals surface area contributed by atoms with Gasteiger partial charge in [0, 0.05) is 0 Å². The number of carbonyl (C=O) groups excluding carboxylic acids is 2. The summed E-state index contributed by atoms with van der Waals surface area (Å²) >= 11 is 1.20. The van der Waals surface area contributed by atoms with Crippen LogP contribution in [0.3, 0.4) is 0 Å². The standard InChI is InChI=1S/C13H20N2O4S/c1-3-5-6-7-19-11(16)9-20-13-14-8-10(15-13)12(17)18-4-2/h8H,3-7,9H2,1-2H3,(H,14,15). The molecule has 0 spiro atoms. The number of nitrogens with one attached hydrogen (secondary N) is 1. The molecule has 1 heterocycles. The maximum atomic E-state index is 11.4. The lowest BCUT2D eigenvalue weighted by Gasteiger charge is -2.02. The van der Waals surface area contributed by atoms with Crippen molar-refractivity contribution in [1.82, 2.24) is 9.97 Å². The number of ether oxygens (including phenoxy) is 2. The second kappa shape index (κ2) is 9.41. The summed E-state index contributed by atoms with van der Waals surface area (Å²) in [7, 11) is 0. The fourth-order valence-corrected chi connectivity index (χ4v) is 2.04. The molecule has 0 saturated heterocycles. The summed E-state index contributed by atoms with van der Waals surface area (Å²) in [6.07, 6.45) is 4.43. The van der Waals surface area contributed by atoms with Gasteiger partial charge >= 0.3 is 11.9 Å². The number of H-pyrrole nitrogens is 1. The largest absolute Gasteiger partial charge is 0.465 e. The van der Waals surface area contributed by atoms with Crippen molar-refractivity contribution in [2.45, 2.75) is 38.3 Å². The lowest BCUT2D eigenvalue weighted by Crippen LogP contribution is -2.08. The number of hydrogen-bond donors (Lipinski definition) is 1. The van der Waals surface area contributed by atoms with Gasteiger partial charge in [-0.15, -0.1) is 0 Å². The first-order valence-corrected chi connectivity index (χ1v) is 7.66. The van der Waals surface area contributed by atoms with Crippen LogP contribution in [0.4, 0.5) is 0 Å². The molecule has 0 fully saturated rings. The second-order valence-electron chi connectivity index (χ2n) is 4.04. The molecule has 0 amide bonds. The van der Waals surface area contributed by atoms with Crippen LogP contribution >= 0.6 is 11.8 Å². The Kier molecular flexibility index (Phi) is 7.79. The van der Waals surface area contributed by atoms with Gasteiger partial charge in [-0.3, -0.25) is 4.79 Å². The number of aromatic amines is 1. The highest BCUT2D eigenvalue weighted by molar-refractivity contribution is 7.99. The van der Waals surface area contributed by atoms with E-state index in [1.165, 1.54) is 18.0 Å². The smallest absolute Gasteiger partial charge is 0.356 e. The summed E-state index contributed by atoms with van der Waals surface area (Å²) in [5, 5.41) is 0.499. The quantitative estimate of drug-likeness (QED) is 0.428. The molecular formula is C13H20N2O4S. The normalized spacial score (nSPS) is 10.3. The monoisotopic (exact) mass is 300 g/mol. The highest BCUT2D eigenvalue weighted by Gasteiger charge is 2.12. The van der Waals surface area contributed by atoms with E-state index in [0.717, 1.165) is 19.3 Å². The molecule has 1 N–H and O–H groups in total. The first-order valence-electron chi connectivity index (χ1n) is 6.67. The maximum Gasteiger partial charge on any atom is 0.356 e. The predicted octanol–water partition coefficient (Wildman–Crippen LogP) is 2.41. The number of hydrogen-bond acceptors (Lipinski definition) is 6. The van der Waals surface area contributed by atoms with E-state index in [0.29, 0.717) is 18.4 Å². The Morgan fingerprint density at radius 1 is 1.30 bits per heavy atom. The Bertz CT molecular complexity index is 434. The number of unbranched alkanes of at least 4 members (excludes halogenated alkanes) is 2. The molecule has 1 aromatic heterocycles. The van der Waals surface area contributed by atoms with Crippen molar-refractivity contribution in [3.63, 3.8) is 0 Å². The van der Waals surface area contributed by atoms with Gasteiger partial charge in [-0.2, -0.15) is 0 Å². The summed E-state index contributed by atoms with van der Waals surface area (Å²) in [5.41, 5.74) is 0.283.